The van der Waals surface area contributed by atoms with Gasteiger partial charge in [0.1, 0.15) is 5.75 Å². The van der Waals surface area contributed by atoms with Crippen LogP contribution in [0.2, 0.25) is 0 Å². The molecule has 3 aromatic rings. The smallest absolute Gasteiger partial charge is 0.261 e. The van der Waals surface area contributed by atoms with Crippen molar-refractivity contribution in [2.75, 3.05) is 12.4 Å². The highest BCUT2D eigenvalue weighted by atomic mass is 79.9. The fourth-order valence-corrected chi connectivity index (χ4v) is 2.38. The zero-order valence-corrected chi connectivity index (χ0v) is 12.8. The van der Waals surface area contributed by atoms with Gasteiger partial charge in [-0.1, -0.05) is 28.1 Å². The molecule has 2 N–H and O–H groups in total. The lowest BCUT2D eigenvalue weighted by molar-refractivity contribution is 0.102. The number of ether oxygens (including phenoxy) is 1. The van der Waals surface area contributed by atoms with Crippen molar-refractivity contribution in [3.8, 4) is 5.75 Å². The monoisotopic (exact) mass is 345 g/mol. The predicted molar refractivity (Wildman–Crippen MR) is 84.7 cm³/mol. The van der Waals surface area contributed by atoms with Gasteiger partial charge in [0.05, 0.1) is 23.7 Å². The lowest BCUT2D eigenvalue weighted by atomic mass is 10.2. The van der Waals surface area contributed by atoms with Crippen LogP contribution in [-0.4, -0.2) is 23.0 Å². The van der Waals surface area contributed by atoms with Gasteiger partial charge in [0.2, 0.25) is 5.95 Å². The Balaban J connectivity index is 1.89. The average Bonchev–Trinajstić information content (AvgIpc) is 2.88. The van der Waals surface area contributed by atoms with Gasteiger partial charge in [-0.15, -0.1) is 0 Å². The standard InChI is InChI=1S/C15H12BrN3O2/c1-21-13-8-9(16)6-7-10(13)14(20)19-15-17-11-4-2-3-5-12(11)18-15/h2-8H,1H3,(H2,17,18,19,20). The van der Waals surface area contributed by atoms with Crippen LogP contribution in [0.4, 0.5) is 5.95 Å². The second kappa shape index (κ2) is 5.57. The van der Waals surface area contributed by atoms with Gasteiger partial charge in [-0.05, 0) is 30.3 Å². The fraction of sp³-hybridized carbons (Fsp3) is 0.0667. The van der Waals surface area contributed by atoms with E-state index in [1.54, 1.807) is 18.2 Å². The van der Waals surface area contributed by atoms with E-state index in [0.717, 1.165) is 15.5 Å². The number of rotatable bonds is 3. The molecule has 0 aliphatic heterocycles. The number of amides is 1. The van der Waals surface area contributed by atoms with Gasteiger partial charge in [0, 0.05) is 4.47 Å². The number of methoxy groups -OCH3 is 1. The molecule has 1 amide bonds. The van der Waals surface area contributed by atoms with E-state index >= 15 is 0 Å². The molecule has 0 saturated heterocycles. The first-order chi connectivity index (χ1) is 10.2. The van der Waals surface area contributed by atoms with E-state index in [1.165, 1.54) is 7.11 Å². The summed E-state index contributed by atoms with van der Waals surface area (Å²) in [6.45, 7) is 0. The molecule has 6 heteroatoms. The van der Waals surface area contributed by atoms with Gasteiger partial charge in [-0.2, -0.15) is 0 Å². The highest BCUT2D eigenvalue weighted by Gasteiger charge is 2.14. The summed E-state index contributed by atoms with van der Waals surface area (Å²) in [6, 6.07) is 12.8. The number of carbonyl (C=O) groups is 1. The van der Waals surface area contributed by atoms with Crippen LogP contribution in [0.15, 0.2) is 46.9 Å². The van der Waals surface area contributed by atoms with Gasteiger partial charge in [0.15, 0.2) is 0 Å². The minimum absolute atomic E-state index is 0.279. The zero-order valence-electron chi connectivity index (χ0n) is 11.2. The number of fused-ring (bicyclic) bond motifs is 1. The van der Waals surface area contributed by atoms with Crippen molar-refractivity contribution in [1.82, 2.24) is 9.97 Å². The summed E-state index contributed by atoms with van der Waals surface area (Å²) in [6.07, 6.45) is 0. The number of halogens is 1. The molecule has 0 atom stereocenters. The van der Waals surface area contributed by atoms with E-state index < -0.39 is 0 Å². The number of H-pyrrole nitrogens is 1. The van der Waals surface area contributed by atoms with E-state index in [9.17, 15) is 4.79 Å². The Kier molecular flexibility index (Phi) is 3.62. The Morgan fingerprint density at radius 2 is 2.10 bits per heavy atom. The molecule has 1 heterocycles. The Labute approximate surface area is 129 Å². The normalized spacial score (nSPS) is 10.6. The van der Waals surface area contributed by atoms with Crippen LogP contribution in [-0.2, 0) is 0 Å². The van der Waals surface area contributed by atoms with Crippen LogP contribution in [0, 0.1) is 0 Å². The minimum atomic E-state index is -0.279. The second-order valence-corrected chi connectivity index (χ2v) is 5.32. The largest absolute Gasteiger partial charge is 0.496 e. The number of aromatic nitrogens is 2. The van der Waals surface area contributed by atoms with Crippen molar-refractivity contribution >= 4 is 38.8 Å². The molecule has 2 aromatic carbocycles. The lowest BCUT2D eigenvalue weighted by Crippen LogP contribution is -2.14. The third-order valence-corrected chi connectivity index (χ3v) is 3.52. The number of anilines is 1. The highest BCUT2D eigenvalue weighted by Crippen LogP contribution is 2.24. The second-order valence-electron chi connectivity index (χ2n) is 4.40. The molecule has 0 bridgehead atoms. The van der Waals surface area contributed by atoms with Crippen LogP contribution in [0.25, 0.3) is 11.0 Å². The molecule has 3 rings (SSSR count). The molecule has 0 saturated carbocycles. The Morgan fingerprint density at radius 1 is 1.29 bits per heavy atom. The third-order valence-electron chi connectivity index (χ3n) is 3.03. The first kappa shape index (κ1) is 13.6. The topological polar surface area (TPSA) is 67.0 Å². The van der Waals surface area contributed by atoms with Crippen LogP contribution >= 0.6 is 15.9 Å². The summed E-state index contributed by atoms with van der Waals surface area (Å²) in [5.41, 5.74) is 2.12. The molecule has 1 aromatic heterocycles. The summed E-state index contributed by atoms with van der Waals surface area (Å²) in [5.74, 6) is 0.627. The summed E-state index contributed by atoms with van der Waals surface area (Å²) in [5, 5.41) is 2.74. The number of hydrogen-bond donors (Lipinski definition) is 2. The van der Waals surface area contributed by atoms with Gasteiger partial charge in [-0.25, -0.2) is 4.98 Å². The number of benzene rings is 2. The van der Waals surface area contributed by atoms with Gasteiger partial charge < -0.3 is 9.72 Å². The van der Waals surface area contributed by atoms with Crippen molar-refractivity contribution in [3.63, 3.8) is 0 Å². The lowest BCUT2D eigenvalue weighted by Gasteiger charge is -2.08. The molecule has 106 valence electrons. The number of para-hydroxylation sites is 2. The van der Waals surface area contributed by atoms with Crippen LogP contribution in [0.5, 0.6) is 5.75 Å². The van der Waals surface area contributed by atoms with E-state index in [4.69, 9.17) is 4.74 Å². The molecule has 0 spiro atoms. The quantitative estimate of drug-likeness (QED) is 0.762. The number of hydrogen-bond acceptors (Lipinski definition) is 3. The van der Waals surface area contributed by atoms with Crippen molar-refractivity contribution in [2.24, 2.45) is 0 Å². The molecule has 0 aliphatic rings. The summed E-state index contributed by atoms with van der Waals surface area (Å²) >= 11 is 3.35. The molecule has 0 fully saturated rings. The average molecular weight is 346 g/mol. The molecule has 5 nitrogen and oxygen atoms in total. The van der Waals surface area contributed by atoms with Crippen LogP contribution in [0.1, 0.15) is 10.4 Å². The molecular formula is C15H12BrN3O2. The van der Waals surface area contributed by atoms with Gasteiger partial charge >= 0.3 is 0 Å². The van der Waals surface area contributed by atoms with Crippen molar-refractivity contribution in [2.45, 2.75) is 0 Å². The highest BCUT2D eigenvalue weighted by molar-refractivity contribution is 9.10. The number of carbonyl (C=O) groups excluding carboxylic acids is 1. The number of nitrogens with one attached hydrogen (secondary N) is 2. The Morgan fingerprint density at radius 3 is 2.86 bits per heavy atom. The van der Waals surface area contributed by atoms with Crippen molar-refractivity contribution in [3.05, 3.63) is 52.5 Å². The van der Waals surface area contributed by atoms with Gasteiger partial charge in [0.25, 0.3) is 5.91 Å². The molecule has 0 aliphatic carbocycles. The number of imidazole rings is 1. The maximum atomic E-state index is 12.3. The van der Waals surface area contributed by atoms with Crippen molar-refractivity contribution in [1.29, 1.82) is 0 Å². The number of nitrogens with zero attached hydrogens (tertiary/aromatic N) is 1. The SMILES string of the molecule is COc1cc(Br)ccc1C(=O)Nc1nc2ccccc2[nH]1. The maximum absolute atomic E-state index is 12.3. The summed E-state index contributed by atoms with van der Waals surface area (Å²) in [4.78, 5) is 19.7. The van der Waals surface area contributed by atoms with Crippen LogP contribution < -0.4 is 10.1 Å². The Hall–Kier alpha value is -2.34. The zero-order chi connectivity index (χ0) is 14.8. The number of aromatic amines is 1. The maximum Gasteiger partial charge on any atom is 0.261 e. The van der Waals surface area contributed by atoms with E-state index in [0.29, 0.717) is 17.3 Å². The molecule has 0 radical (unpaired) electrons. The fourth-order valence-electron chi connectivity index (χ4n) is 2.04. The van der Waals surface area contributed by atoms with E-state index in [2.05, 4.69) is 31.2 Å². The molecular weight excluding hydrogens is 334 g/mol. The third kappa shape index (κ3) is 2.75. The molecule has 21 heavy (non-hydrogen) atoms. The first-order valence-corrected chi connectivity index (χ1v) is 7.06. The first-order valence-electron chi connectivity index (χ1n) is 6.27. The molecule has 0 unspecified atom stereocenters. The summed E-state index contributed by atoms with van der Waals surface area (Å²) < 4.78 is 6.07. The van der Waals surface area contributed by atoms with Crippen LogP contribution in [0.3, 0.4) is 0 Å². The van der Waals surface area contributed by atoms with Gasteiger partial charge in [-0.3, -0.25) is 10.1 Å². The van der Waals surface area contributed by atoms with E-state index in [1.807, 2.05) is 24.3 Å². The summed E-state index contributed by atoms with van der Waals surface area (Å²) in [7, 11) is 1.53. The minimum Gasteiger partial charge on any atom is -0.496 e. The predicted octanol–water partition coefficient (Wildman–Crippen LogP) is 3.59. The van der Waals surface area contributed by atoms with E-state index in [-0.39, 0.29) is 5.91 Å². The van der Waals surface area contributed by atoms with Crippen molar-refractivity contribution < 1.29 is 9.53 Å². The Bertz CT molecular complexity index is 781.